The second-order valence-corrected chi connectivity index (χ2v) is 4.32. The monoisotopic (exact) mass is 212 g/mol. The van der Waals surface area contributed by atoms with E-state index in [1.165, 1.54) is 0 Å². The largest absolute Gasteiger partial charge is 0.328 e. The summed E-state index contributed by atoms with van der Waals surface area (Å²) in [6.45, 7) is 2.68. The molecule has 2 nitrogen and oxygen atoms in total. The lowest BCUT2D eigenvalue weighted by molar-refractivity contribution is 0.183. The Balaban J connectivity index is 3.12. The molecule has 0 saturated heterocycles. The molecule has 1 unspecified atom stereocenters. The molecule has 1 atom stereocenters. The first-order chi connectivity index (χ1) is 6.50. The van der Waals surface area contributed by atoms with Crippen LogP contribution >= 0.6 is 11.6 Å². The van der Waals surface area contributed by atoms with Gasteiger partial charge in [-0.25, -0.2) is 0 Å². The summed E-state index contributed by atoms with van der Waals surface area (Å²) in [5.41, 5.74) is 6.81. The first kappa shape index (κ1) is 11.5. The fourth-order valence-corrected chi connectivity index (χ4v) is 1.57. The number of likely N-dealkylation sites (N-methyl/N-ethyl adjacent to an activating group) is 1. The minimum Gasteiger partial charge on any atom is -0.328 e. The van der Waals surface area contributed by atoms with Gasteiger partial charge in [-0.2, -0.15) is 0 Å². The van der Waals surface area contributed by atoms with Gasteiger partial charge >= 0.3 is 0 Å². The number of nitrogens with two attached hydrogens (primary N) is 1. The molecule has 14 heavy (non-hydrogen) atoms. The second-order valence-electron chi connectivity index (χ2n) is 3.88. The van der Waals surface area contributed by atoms with Crippen molar-refractivity contribution in [3.8, 4) is 0 Å². The molecular weight excluding hydrogens is 196 g/mol. The molecule has 0 aliphatic heterocycles. The SMILES string of the molecule is CN(C)C(C)(CN)c1cccc(Cl)c1. The molecule has 0 aliphatic rings. The summed E-state index contributed by atoms with van der Waals surface area (Å²) in [5, 5.41) is 0.754. The van der Waals surface area contributed by atoms with Gasteiger partial charge in [0.1, 0.15) is 0 Å². The highest BCUT2D eigenvalue weighted by Crippen LogP contribution is 2.26. The van der Waals surface area contributed by atoms with Gasteiger partial charge in [0.2, 0.25) is 0 Å². The van der Waals surface area contributed by atoms with E-state index in [1.54, 1.807) is 0 Å². The van der Waals surface area contributed by atoms with Crippen LogP contribution in [0.4, 0.5) is 0 Å². The van der Waals surface area contributed by atoms with Gasteiger partial charge in [0, 0.05) is 11.6 Å². The van der Waals surface area contributed by atoms with Crippen molar-refractivity contribution in [1.29, 1.82) is 0 Å². The van der Waals surface area contributed by atoms with Crippen molar-refractivity contribution in [2.45, 2.75) is 12.5 Å². The van der Waals surface area contributed by atoms with Crippen molar-refractivity contribution in [2.24, 2.45) is 5.73 Å². The van der Waals surface area contributed by atoms with Crippen molar-refractivity contribution in [2.75, 3.05) is 20.6 Å². The van der Waals surface area contributed by atoms with Crippen LogP contribution in [0.25, 0.3) is 0 Å². The molecule has 1 aromatic carbocycles. The van der Waals surface area contributed by atoms with Crippen molar-refractivity contribution in [1.82, 2.24) is 4.90 Å². The Morgan fingerprint density at radius 2 is 2.07 bits per heavy atom. The van der Waals surface area contributed by atoms with Crippen LogP contribution in [0.15, 0.2) is 24.3 Å². The Labute approximate surface area is 90.7 Å². The van der Waals surface area contributed by atoms with Crippen LogP contribution in [0.1, 0.15) is 12.5 Å². The molecule has 0 spiro atoms. The summed E-state index contributed by atoms with van der Waals surface area (Å²) in [4.78, 5) is 2.11. The maximum atomic E-state index is 5.95. The normalized spacial score (nSPS) is 15.6. The van der Waals surface area contributed by atoms with Gasteiger partial charge in [-0.1, -0.05) is 23.7 Å². The van der Waals surface area contributed by atoms with Crippen LogP contribution in [0.2, 0.25) is 5.02 Å². The zero-order chi connectivity index (χ0) is 10.8. The molecule has 0 bridgehead atoms. The molecule has 0 fully saturated rings. The van der Waals surface area contributed by atoms with Gasteiger partial charge in [0.25, 0.3) is 0 Å². The van der Waals surface area contributed by atoms with Gasteiger partial charge in [0.05, 0.1) is 5.54 Å². The quantitative estimate of drug-likeness (QED) is 0.832. The highest BCUT2D eigenvalue weighted by Gasteiger charge is 2.27. The summed E-state index contributed by atoms with van der Waals surface area (Å²) in [5.74, 6) is 0. The second kappa shape index (κ2) is 4.30. The topological polar surface area (TPSA) is 29.3 Å². The van der Waals surface area contributed by atoms with E-state index in [9.17, 15) is 0 Å². The van der Waals surface area contributed by atoms with E-state index >= 15 is 0 Å². The lowest BCUT2D eigenvalue weighted by atomic mass is 9.91. The van der Waals surface area contributed by atoms with Crippen molar-refractivity contribution in [3.05, 3.63) is 34.9 Å². The number of hydrogen-bond acceptors (Lipinski definition) is 2. The Bertz CT molecular complexity index is 312. The predicted molar refractivity (Wildman–Crippen MR) is 61.5 cm³/mol. The van der Waals surface area contributed by atoms with Gasteiger partial charge in [-0.05, 0) is 38.7 Å². The smallest absolute Gasteiger partial charge is 0.0550 e. The van der Waals surface area contributed by atoms with E-state index in [-0.39, 0.29) is 5.54 Å². The molecule has 2 N–H and O–H groups in total. The molecule has 0 aliphatic carbocycles. The lowest BCUT2D eigenvalue weighted by Crippen LogP contribution is -2.44. The first-order valence-corrected chi connectivity index (χ1v) is 5.02. The summed E-state index contributed by atoms with van der Waals surface area (Å²) < 4.78 is 0. The van der Waals surface area contributed by atoms with Crippen molar-refractivity contribution in [3.63, 3.8) is 0 Å². The van der Waals surface area contributed by atoms with Crippen molar-refractivity contribution >= 4 is 11.6 Å². The lowest BCUT2D eigenvalue weighted by Gasteiger charge is -2.36. The van der Waals surface area contributed by atoms with E-state index in [4.69, 9.17) is 17.3 Å². The van der Waals surface area contributed by atoms with E-state index in [1.807, 2.05) is 32.3 Å². The number of rotatable bonds is 3. The number of benzene rings is 1. The van der Waals surface area contributed by atoms with Crippen molar-refractivity contribution < 1.29 is 0 Å². The molecule has 3 heteroatoms. The third kappa shape index (κ3) is 2.08. The molecule has 78 valence electrons. The van der Waals surface area contributed by atoms with Gasteiger partial charge in [0.15, 0.2) is 0 Å². The van der Waals surface area contributed by atoms with Crippen LogP contribution in [-0.4, -0.2) is 25.5 Å². The molecule has 0 radical (unpaired) electrons. The van der Waals surface area contributed by atoms with E-state index < -0.39 is 0 Å². The maximum Gasteiger partial charge on any atom is 0.0550 e. The van der Waals surface area contributed by atoms with Crippen LogP contribution in [0, 0.1) is 0 Å². The number of halogens is 1. The van der Waals surface area contributed by atoms with Gasteiger partial charge < -0.3 is 5.73 Å². The summed E-state index contributed by atoms with van der Waals surface area (Å²) in [6.07, 6.45) is 0. The summed E-state index contributed by atoms with van der Waals surface area (Å²) >= 11 is 5.95. The fourth-order valence-electron chi connectivity index (χ4n) is 1.38. The molecular formula is C11H17ClN2. The number of nitrogens with zero attached hydrogens (tertiary/aromatic N) is 1. The Morgan fingerprint density at radius 3 is 2.50 bits per heavy atom. The molecule has 1 aromatic rings. The minimum atomic E-state index is -0.148. The van der Waals surface area contributed by atoms with Gasteiger partial charge in [-0.15, -0.1) is 0 Å². The third-order valence-corrected chi connectivity index (χ3v) is 3.07. The standard InChI is InChI=1S/C11H17ClN2/c1-11(8-13,14(2)3)9-5-4-6-10(12)7-9/h4-7H,8,13H2,1-3H3. The van der Waals surface area contributed by atoms with E-state index in [0.29, 0.717) is 6.54 Å². The minimum absolute atomic E-state index is 0.148. The highest BCUT2D eigenvalue weighted by molar-refractivity contribution is 6.30. The fraction of sp³-hybridized carbons (Fsp3) is 0.455. The molecule has 0 heterocycles. The van der Waals surface area contributed by atoms with Gasteiger partial charge in [-0.3, -0.25) is 4.90 Å². The Kier molecular flexibility index (Phi) is 3.53. The maximum absolute atomic E-state index is 5.95. The zero-order valence-electron chi connectivity index (χ0n) is 8.92. The Morgan fingerprint density at radius 1 is 1.43 bits per heavy atom. The Hall–Kier alpha value is -0.570. The molecule has 0 saturated carbocycles. The van der Waals surface area contributed by atoms with E-state index in [0.717, 1.165) is 10.6 Å². The third-order valence-electron chi connectivity index (χ3n) is 2.83. The predicted octanol–water partition coefficient (Wildman–Crippen LogP) is 2.08. The molecule has 1 rings (SSSR count). The first-order valence-electron chi connectivity index (χ1n) is 4.64. The summed E-state index contributed by atoms with van der Waals surface area (Å²) in [6, 6.07) is 7.85. The summed E-state index contributed by atoms with van der Waals surface area (Å²) in [7, 11) is 4.04. The molecule has 0 aromatic heterocycles. The average molecular weight is 213 g/mol. The average Bonchev–Trinajstić information content (AvgIpc) is 2.16. The van der Waals surface area contributed by atoms with Crippen LogP contribution in [-0.2, 0) is 5.54 Å². The van der Waals surface area contributed by atoms with Crippen LogP contribution in [0.3, 0.4) is 0 Å². The molecule has 0 amide bonds. The van der Waals surface area contributed by atoms with Crippen LogP contribution < -0.4 is 5.73 Å². The highest BCUT2D eigenvalue weighted by atomic mass is 35.5. The van der Waals surface area contributed by atoms with E-state index in [2.05, 4.69) is 17.9 Å². The zero-order valence-corrected chi connectivity index (χ0v) is 9.67. The number of hydrogen-bond donors (Lipinski definition) is 1. The van der Waals surface area contributed by atoms with Crippen LogP contribution in [0.5, 0.6) is 0 Å².